The zero-order chi connectivity index (χ0) is 37.6. The van der Waals surface area contributed by atoms with Crippen LogP contribution in [0.3, 0.4) is 0 Å². The monoisotopic (exact) mass is 744 g/mol. The maximum atomic E-state index is 14.4. The molecule has 2 aliphatic rings. The minimum absolute atomic E-state index is 0.276. The quantitative estimate of drug-likeness (QED) is 0.145. The van der Waals surface area contributed by atoms with Gasteiger partial charge in [0.1, 0.15) is 0 Å². The van der Waals surface area contributed by atoms with Crippen LogP contribution in [-0.4, -0.2) is 53.4 Å². The van der Waals surface area contributed by atoms with E-state index in [4.69, 9.17) is 0 Å². The molecule has 2 fully saturated rings. The van der Waals surface area contributed by atoms with Gasteiger partial charge in [-0.1, -0.05) is 63.3 Å². The minimum Gasteiger partial charge on any atom is -0.287 e. The van der Waals surface area contributed by atoms with Crippen LogP contribution in [0.4, 0.5) is 74.6 Å². The molecule has 3 rings (SSSR count). The van der Waals surface area contributed by atoms with E-state index >= 15 is 0 Å². The van der Waals surface area contributed by atoms with Crippen molar-refractivity contribution in [3.05, 3.63) is 35.4 Å². The summed E-state index contributed by atoms with van der Waals surface area (Å²) in [6.07, 6.45) is 2.85. The first-order valence-corrected chi connectivity index (χ1v) is 15.5. The topological polar surface area (TPSA) is 17.1 Å². The molecule has 18 heteroatoms. The zero-order valence-corrected chi connectivity index (χ0v) is 25.7. The third-order valence-corrected chi connectivity index (χ3v) is 10.1. The zero-order valence-electron chi connectivity index (χ0n) is 25.7. The molecule has 0 saturated heterocycles. The lowest BCUT2D eigenvalue weighted by Crippen LogP contribution is -2.75. The highest BCUT2D eigenvalue weighted by Crippen LogP contribution is 2.64. The van der Waals surface area contributed by atoms with Crippen LogP contribution in [0.15, 0.2) is 24.3 Å². The summed E-state index contributed by atoms with van der Waals surface area (Å²) in [5.74, 6) is -59.0. The standard InChI is InChI=1S/C31H33F17O/c1-2-17-5-11-20(12-6-17)21-13-7-18(8-14-21)3-4-19-9-15-22(16-10-19)23(49)24(32,33)25(34,35)26(36,37)27(38,39)28(40,41)29(42,43)30(44,45)31(46,47)48/h9-10,15-18,20-21H,2-8,11-14H2,1H3. The molecule has 49 heavy (non-hydrogen) atoms. The van der Waals surface area contributed by atoms with E-state index in [2.05, 4.69) is 6.92 Å². The van der Waals surface area contributed by atoms with Crippen molar-refractivity contribution in [3.63, 3.8) is 0 Å². The molecule has 0 bridgehead atoms. The normalized spacial score (nSPS) is 24.2. The highest BCUT2D eigenvalue weighted by Gasteiger charge is 2.95. The maximum absolute atomic E-state index is 14.4. The van der Waals surface area contributed by atoms with E-state index in [0.717, 1.165) is 50.2 Å². The number of aryl methyl sites for hydroxylation is 1. The summed E-state index contributed by atoms with van der Waals surface area (Å²) >= 11 is 0. The second kappa shape index (κ2) is 13.7. The summed E-state index contributed by atoms with van der Waals surface area (Å²) in [6.45, 7) is 2.17. The van der Waals surface area contributed by atoms with Gasteiger partial charge in [0.15, 0.2) is 0 Å². The fourth-order valence-corrected chi connectivity index (χ4v) is 6.70. The second-order valence-corrected chi connectivity index (χ2v) is 13.1. The number of halogens is 17. The van der Waals surface area contributed by atoms with Crippen LogP contribution in [-0.2, 0) is 6.42 Å². The molecule has 0 N–H and O–H groups in total. The summed E-state index contributed by atoms with van der Waals surface area (Å²) in [4.78, 5) is 12.1. The Hall–Kier alpha value is -2.30. The summed E-state index contributed by atoms with van der Waals surface area (Å²) < 4.78 is 230. The Morgan fingerprint density at radius 1 is 0.531 bits per heavy atom. The van der Waals surface area contributed by atoms with Gasteiger partial charge in [-0.2, -0.15) is 74.6 Å². The van der Waals surface area contributed by atoms with Gasteiger partial charge in [0.05, 0.1) is 0 Å². The van der Waals surface area contributed by atoms with Crippen molar-refractivity contribution >= 4 is 5.78 Å². The van der Waals surface area contributed by atoms with Crippen LogP contribution in [0.5, 0.6) is 0 Å². The molecule has 1 nitrogen and oxygen atoms in total. The van der Waals surface area contributed by atoms with Gasteiger partial charge in [-0.3, -0.25) is 4.79 Å². The first-order chi connectivity index (χ1) is 22.1. The summed E-state index contributed by atoms with van der Waals surface area (Å²) in [5.41, 5.74) is -1.21. The highest BCUT2D eigenvalue weighted by molar-refractivity contribution is 6.02. The van der Waals surface area contributed by atoms with E-state index in [9.17, 15) is 79.4 Å². The molecule has 2 aliphatic carbocycles. The average Bonchev–Trinajstić information content (AvgIpc) is 3.02. The fourth-order valence-electron chi connectivity index (χ4n) is 6.70. The van der Waals surface area contributed by atoms with Crippen molar-refractivity contribution in [2.75, 3.05) is 0 Å². The van der Waals surface area contributed by atoms with Gasteiger partial charge >= 0.3 is 47.6 Å². The van der Waals surface area contributed by atoms with Crippen molar-refractivity contribution in [2.45, 2.75) is 125 Å². The van der Waals surface area contributed by atoms with Crippen molar-refractivity contribution in [2.24, 2.45) is 23.7 Å². The Kier molecular flexibility index (Phi) is 11.5. The van der Waals surface area contributed by atoms with Crippen molar-refractivity contribution in [1.29, 1.82) is 0 Å². The molecule has 2 saturated carbocycles. The van der Waals surface area contributed by atoms with Gasteiger partial charge in [-0.05, 0) is 67.8 Å². The van der Waals surface area contributed by atoms with E-state index in [1.165, 1.54) is 25.7 Å². The number of hydrogen-bond acceptors (Lipinski definition) is 1. The molecule has 1 aromatic rings. The highest BCUT2D eigenvalue weighted by atomic mass is 19.4. The largest absolute Gasteiger partial charge is 0.460 e. The fraction of sp³-hybridized carbons (Fsp3) is 0.774. The molecular formula is C31H33F17O. The Morgan fingerprint density at radius 2 is 0.898 bits per heavy atom. The van der Waals surface area contributed by atoms with Gasteiger partial charge < -0.3 is 0 Å². The van der Waals surface area contributed by atoms with E-state index in [0.29, 0.717) is 36.0 Å². The van der Waals surface area contributed by atoms with E-state index < -0.39 is 59.0 Å². The number of benzene rings is 1. The van der Waals surface area contributed by atoms with Crippen LogP contribution in [0.25, 0.3) is 0 Å². The Bertz CT molecular complexity index is 1270. The van der Waals surface area contributed by atoms with Crippen LogP contribution in [0.1, 0.15) is 87.1 Å². The van der Waals surface area contributed by atoms with Crippen molar-refractivity contribution in [1.82, 2.24) is 0 Å². The number of Topliss-reactive ketones (excluding diaryl/α,β-unsaturated/α-hetero) is 1. The molecule has 0 unspecified atom stereocenters. The average molecular weight is 745 g/mol. The molecule has 0 amide bonds. The SMILES string of the molecule is CCC1CCC(C2CCC(CCc3ccc(C(=O)C(F)(F)C(F)(F)C(F)(F)C(F)(F)C(F)(F)C(F)(F)C(F)(F)C(F)(F)F)cc3)CC2)CC1. The van der Waals surface area contributed by atoms with Gasteiger partial charge in [0.25, 0.3) is 0 Å². The number of hydrogen-bond donors (Lipinski definition) is 0. The van der Waals surface area contributed by atoms with E-state index in [1.54, 1.807) is 0 Å². The van der Waals surface area contributed by atoms with Crippen LogP contribution >= 0.6 is 0 Å². The van der Waals surface area contributed by atoms with E-state index in [-0.39, 0.29) is 12.3 Å². The molecule has 0 radical (unpaired) electrons. The molecule has 0 aliphatic heterocycles. The number of carbonyl (C=O) groups excluding carboxylic acids is 1. The predicted molar refractivity (Wildman–Crippen MR) is 141 cm³/mol. The lowest BCUT2D eigenvalue weighted by molar-refractivity contribution is -0.459. The molecule has 0 heterocycles. The van der Waals surface area contributed by atoms with Crippen molar-refractivity contribution in [3.8, 4) is 0 Å². The molecule has 282 valence electrons. The summed E-state index contributed by atoms with van der Waals surface area (Å²) in [6, 6.07) is 2.65. The lowest BCUT2D eigenvalue weighted by atomic mass is 9.68. The third-order valence-electron chi connectivity index (χ3n) is 10.1. The Balaban J connectivity index is 1.70. The van der Waals surface area contributed by atoms with Crippen LogP contribution in [0.2, 0.25) is 0 Å². The van der Waals surface area contributed by atoms with Gasteiger partial charge in [0.2, 0.25) is 5.78 Å². The van der Waals surface area contributed by atoms with E-state index in [1.807, 2.05) is 0 Å². The van der Waals surface area contributed by atoms with Gasteiger partial charge in [-0.25, -0.2) is 0 Å². The van der Waals surface area contributed by atoms with Crippen LogP contribution in [0, 0.1) is 23.7 Å². The van der Waals surface area contributed by atoms with Gasteiger partial charge in [-0.15, -0.1) is 0 Å². The minimum atomic E-state index is -8.74. The number of rotatable bonds is 13. The van der Waals surface area contributed by atoms with Gasteiger partial charge in [0, 0.05) is 5.56 Å². The molecule has 0 atom stereocenters. The summed E-state index contributed by atoms with van der Waals surface area (Å²) in [5, 5.41) is 0. The smallest absolute Gasteiger partial charge is 0.287 e. The number of carbonyl (C=O) groups is 1. The third kappa shape index (κ3) is 6.99. The molecule has 0 spiro atoms. The Labute approximate surface area is 270 Å². The second-order valence-electron chi connectivity index (χ2n) is 13.1. The molecule has 0 aromatic heterocycles. The first kappa shape index (κ1) is 41.1. The first-order valence-electron chi connectivity index (χ1n) is 15.5. The maximum Gasteiger partial charge on any atom is 0.460 e. The summed E-state index contributed by atoms with van der Waals surface area (Å²) in [7, 11) is 0. The Morgan fingerprint density at radius 3 is 1.29 bits per heavy atom. The predicted octanol–water partition coefficient (Wildman–Crippen LogP) is 11.8. The molecular weight excluding hydrogens is 711 g/mol. The molecule has 1 aromatic carbocycles. The van der Waals surface area contributed by atoms with Crippen molar-refractivity contribution < 1.29 is 79.4 Å². The number of alkyl halides is 17. The van der Waals surface area contributed by atoms with Crippen LogP contribution < -0.4 is 0 Å². The number of ketones is 1. The lowest BCUT2D eigenvalue weighted by Gasteiger charge is -2.42.